The van der Waals surface area contributed by atoms with Crippen LogP contribution in [0.1, 0.15) is 41.3 Å². The lowest BCUT2D eigenvalue weighted by atomic mass is 9.96. The standard InChI is InChI=1S/C18H25NO5/c1-11-6-15(7-12(2)17(11)24-10-16(20)21)18(22)19-9-14-4-5-23-13(3)8-14/h6-7,13-14H,4-5,8-10H2,1-3H3,(H,19,22)(H,20,21)/t13-,14+/m1/s1. The molecule has 24 heavy (non-hydrogen) atoms. The van der Waals surface area contributed by atoms with E-state index < -0.39 is 12.6 Å². The van der Waals surface area contributed by atoms with Crippen LogP contribution in [0.15, 0.2) is 12.1 Å². The van der Waals surface area contributed by atoms with Crippen molar-refractivity contribution in [3.63, 3.8) is 0 Å². The SMILES string of the molecule is Cc1cc(C(=O)NC[C@H]2CCO[C@H](C)C2)cc(C)c1OCC(=O)O. The minimum absolute atomic E-state index is 0.120. The van der Waals surface area contributed by atoms with Crippen molar-refractivity contribution in [3.05, 3.63) is 28.8 Å². The van der Waals surface area contributed by atoms with Gasteiger partial charge in [0.25, 0.3) is 5.91 Å². The highest BCUT2D eigenvalue weighted by molar-refractivity contribution is 5.94. The van der Waals surface area contributed by atoms with Gasteiger partial charge in [-0.3, -0.25) is 4.79 Å². The summed E-state index contributed by atoms with van der Waals surface area (Å²) in [7, 11) is 0. The monoisotopic (exact) mass is 335 g/mol. The third-order valence-corrected chi connectivity index (χ3v) is 4.21. The Labute approximate surface area is 142 Å². The zero-order valence-corrected chi connectivity index (χ0v) is 14.4. The van der Waals surface area contributed by atoms with Gasteiger partial charge in [0.15, 0.2) is 6.61 Å². The molecular weight excluding hydrogens is 310 g/mol. The number of aliphatic carboxylic acids is 1. The first kappa shape index (κ1) is 18.3. The molecule has 1 saturated heterocycles. The van der Waals surface area contributed by atoms with E-state index in [9.17, 15) is 9.59 Å². The average molecular weight is 335 g/mol. The van der Waals surface area contributed by atoms with Gasteiger partial charge in [-0.15, -0.1) is 0 Å². The molecule has 1 aromatic carbocycles. The molecule has 1 aromatic rings. The van der Waals surface area contributed by atoms with Crippen molar-refractivity contribution in [1.82, 2.24) is 5.32 Å². The number of rotatable bonds is 6. The second-order valence-corrected chi connectivity index (χ2v) is 6.40. The first-order valence-corrected chi connectivity index (χ1v) is 8.22. The summed E-state index contributed by atoms with van der Waals surface area (Å²) in [5.41, 5.74) is 2.06. The lowest BCUT2D eigenvalue weighted by molar-refractivity contribution is -0.139. The fourth-order valence-corrected chi connectivity index (χ4v) is 3.06. The van der Waals surface area contributed by atoms with Crippen LogP contribution >= 0.6 is 0 Å². The molecule has 0 aromatic heterocycles. The van der Waals surface area contributed by atoms with Crippen molar-refractivity contribution in [2.24, 2.45) is 5.92 Å². The molecule has 2 rings (SSSR count). The van der Waals surface area contributed by atoms with Gasteiger partial charge in [-0.1, -0.05) is 0 Å². The molecule has 2 atom stereocenters. The third-order valence-electron chi connectivity index (χ3n) is 4.21. The van der Waals surface area contributed by atoms with Crippen LogP contribution in [0, 0.1) is 19.8 Å². The van der Waals surface area contributed by atoms with Gasteiger partial charge >= 0.3 is 5.97 Å². The zero-order valence-electron chi connectivity index (χ0n) is 14.4. The van der Waals surface area contributed by atoms with E-state index in [2.05, 4.69) is 12.2 Å². The number of hydrogen-bond donors (Lipinski definition) is 2. The van der Waals surface area contributed by atoms with Gasteiger partial charge in [0.05, 0.1) is 6.10 Å². The van der Waals surface area contributed by atoms with Crippen LogP contribution in [0.3, 0.4) is 0 Å². The van der Waals surface area contributed by atoms with Gasteiger partial charge in [0.1, 0.15) is 5.75 Å². The Hall–Kier alpha value is -2.08. The van der Waals surface area contributed by atoms with E-state index in [1.165, 1.54) is 0 Å². The fraction of sp³-hybridized carbons (Fsp3) is 0.556. The van der Waals surface area contributed by atoms with Crippen molar-refractivity contribution in [3.8, 4) is 5.75 Å². The number of benzene rings is 1. The van der Waals surface area contributed by atoms with E-state index in [4.69, 9.17) is 14.6 Å². The van der Waals surface area contributed by atoms with Crippen LogP contribution in [-0.4, -0.2) is 42.8 Å². The summed E-state index contributed by atoms with van der Waals surface area (Å²) >= 11 is 0. The van der Waals surface area contributed by atoms with E-state index in [1.807, 2.05) is 0 Å². The molecule has 132 valence electrons. The Bertz CT molecular complexity index is 590. The van der Waals surface area contributed by atoms with Gasteiger partial charge in [0.2, 0.25) is 0 Å². The molecule has 6 heteroatoms. The van der Waals surface area contributed by atoms with Crippen LogP contribution in [-0.2, 0) is 9.53 Å². The van der Waals surface area contributed by atoms with Crippen LogP contribution < -0.4 is 10.1 Å². The van der Waals surface area contributed by atoms with Crippen molar-refractivity contribution >= 4 is 11.9 Å². The maximum Gasteiger partial charge on any atom is 0.341 e. The summed E-state index contributed by atoms with van der Waals surface area (Å²) in [5.74, 6) is -0.184. The quantitative estimate of drug-likeness (QED) is 0.833. The molecule has 1 aliphatic heterocycles. The average Bonchev–Trinajstić information content (AvgIpc) is 2.51. The number of amides is 1. The van der Waals surface area contributed by atoms with Gasteiger partial charge in [0, 0.05) is 18.7 Å². The normalized spacial score (nSPS) is 20.5. The van der Waals surface area contributed by atoms with Gasteiger partial charge in [-0.05, 0) is 62.8 Å². The minimum Gasteiger partial charge on any atom is -0.481 e. The number of carboxylic acid groups (broad SMARTS) is 1. The summed E-state index contributed by atoms with van der Waals surface area (Å²) in [5, 5.41) is 11.7. The molecular formula is C18H25NO5. The Morgan fingerprint density at radius 3 is 2.58 bits per heavy atom. The molecule has 0 spiro atoms. The molecule has 0 unspecified atom stereocenters. The molecule has 0 bridgehead atoms. The molecule has 1 amide bonds. The first-order chi connectivity index (χ1) is 11.4. The van der Waals surface area contributed by atoms with Crippen LogP contribution in [0.5, 0.6) is 5.75 Å². The third kappa shape index (κ3) is 4.96. The number of carboxylic acids is 1. The predicted octanol–water partition coefficient (Wildman–Crippen LogP) is 2.31. The largest absolute Gasteiger partial charge is 0.481 e. The summed E-state index contributed by atoms with van der Waals surface area (Å²) in [6, 6.07) is 3.46. The van der Waals surface area contributed by atoms with Crippen LogP contribution in [0.25, 0.3) is 0 Å². The zero-order chi connectivity index (χ0) is 17.7. The molecule has 1 fully saturated rings. The number of hydrogen-bond acceptors (Lipinski definition) is 4. The Morgan fingerprint density at radius 1 is 1.33 bits per heavy atom. The van der Waals surface area contributed by atoms with E-state index in [0.717, 1.165) is 30.6 Å². The molecule has 1 heterocycles. The Balaban J connectivity index is 1.98. The number of ether oxygens (including phenoxy) is 2. The van der Waals surface area contributed by atoms with E-state index >= 15 is 0 Å². The topological polar surface area (TPSA) is 84.9 Å². The van der Waals surface area contributed by atoms with Gasteiger partial charge < -0.3 is 19.9 Å². The number of nitrogens with one attached hydrogen (secondary N) is 1. The van der Waals surface area contributed by atoms with Gasteiger partial charge in [-0.25, -0.2) is 4.79 Å². The Kier molecular flexibility index (Phi) is 6.20. The summed E-state index contributed by atoms with van der Waals surface area (Å²) < 4.78 is 10.8. The smallest absolute Gasteiger partial charge is 0.341 e. The number of aryl methyl sites for hydroxylation is 2. The summed E-state index contributed by atoms with van der Waals surface area (Å²) in [6.45, 7) is 6.66. The summed E-state index contributed by atoms with van der Waals surface area (Å²) in [4.78, 5) is 23.0. The maximum atomic E-state index is 12.4. The highest BCUT2D eigenvalue weighted by Crippen LogP contribution is 2.25. The lowest BCUT2D eigenvalue weighted by Crippen LogP contribution is -2.34. The molecule has 0 saturated carbocycles. The summed E-state index contributed by atoms with van der Waals surface area (Å²) in [6.07, 6.45) is 2.17. The second-order valence-electron chi connectivity index (χ2n) is 6.40. The van der Waals surface area contributed by atoms with E-state index in [1.54, 1.807) is 26.0 Å². The molecule has 2 N–H and O–H groups in total. The fourth-order valence-electron chi connectivity index (χ4n) is 3.06. The number of carbonyl (C=O) groups excluding carboxylic acids is 1. The van der Waals surface area contributed by atoms with Crippen molar-refractivity contribution in [2.45, 2.75) is 39.7 Å². The molecule has 1 aliphatic rings. The number of carbonyl (C=O) groups is 2. The molecule has 0 radical (unpaired) electrons. The van der Waals surface area contributed by atoms with Crippen molar-refractivity contribution < 1.29 is 24.2 Å². The van der Waals surface area contributed by atoms with Crippen molar-refractivity contribution in [2.75, 3.05) is 19.8 Å². The van der Waals surface area contributed by atoms with Gasteiger partial charge in [-0.2, -0.15) is 0 Å². The molecule has 0 aliphatic carbocycles. The predicted molar refractivity (Wildman–Crippen MR) is 89.5 cm³/mol. The first-order valence-electron chi connectivity index (χ1n) is 8.22. The second kappa shape index (κ2) is 8.15. The van der Waals surface area contributed by atoms with Crippen LogP contribution in [0.4, 0.5) is 0 Å². The van der Waals surface area contributed by atoms with Crippen molar-refractivity contribution in [1.29, 1.82) is 0 Å². The Morgan fingerprint density at radius 2 is 2.00 bits per heavy atom. The lowest BCUT2D eigenvalue weighted by Gasteiger charge is -2.27. The highest BCUT2D eigenvalue weighted by Gasteiger charge is 2.20. The van der Waals surface area contributed by atoms with E-state index in [0.29, 0.717) is 23.8 Å². The molecule has 6 nitrogen and oxygen atoms in total. The maximum absolute atomic E-state index is 12.4. The van der Waals surface area contributed by atoms with E-state index in [-0.39, 0.29) is 12.0 Å². The minimum atomic E-state index is -1.03. The highest BCUT2D eigenvalue weighted by atomic mass is 16.5. The van der Waals surface area contributed by atoms with Crippen LogP contribution in [0.2, 0.25) is 0 Å².